The summed E-state index contributed by atoms with van der Waals surface area (Å²) in [5.41, 5.74) is -0.590. The normalized spacial score (nSPS) is 14.9. The highest BCUT2D eigenvalue weighted by Gasteiger charge is 2.27. The maximum Gasteiger partial charge on any atom is 0.259 e. The zero-order valence-electron chi connectivity index (χ0n) is 7.83. The SMILES string of the molecule is O=C(c1c(F)cc(O)cc1F)N1CCC1. The highest BCUT2D eigenvalue weighted by Crippen LogP contribution is 2.22. The van der Waals surface area contributed by atoms with Crippen molar-refractivity contribution in [1.29, 1.82) is 0 Å². The summed E-state index contributed by atoms with van der Waals surface area (Å²) in [4.78, 5) is 12.9. The first-order valence-corrected chi connectivity index (χ1v) is 4.57. The number of rotatable bonds is 1. The Hall–Kier alpha value is -1.65. The Bertz CT molecular complexity index is 393. The topological polar surface area (TPSA) is 40.5 Å². The van der Waals surface area contributed by atoms with Crippen LogP contribution in [0.5, 0.6) is 5.75 Å². The van der Waals surface area contributed by atoms with Crippen LogP contribution in [0.3, 0.4) is 0 Å². The quantitative estimate of drug-likeness (QED) is 0.768. The van der Waals surface area contributed by atoms with Gasteiger partial charge >= 0.3 is 0 Å². The van der Waals surface area contributed by atoms with Crippen LogP contribution in [0.4, 0.5) is 8.78 Å². The molecule has 0 aliphatic carbocycles. The molecule has 2 rings (SSSR count). The number of carbonyl (C=O) groups excluding carboxylic acids is 1. The third kappa shape index (κ3) is 1.65. The van der Waals surface area contributed by atoms with Crippen LogP contribution in [0.15, 0.2) is 12.1 Å². The van der Waals surface area contributed by atoms with Gasteiger partial charge in [-0.3, -0.25) is 4.79 Å². The van der Waals surface area contributed by atoms with Crippen LogP contribution < -0.4 is 0 Å². The van der Waals surface area contributed by atoms with Crippen molar-refractivity contribution in [2.75, 3.05) is 13.1 Å². The lowest BCUT2D eigenvalue weighted by molar-refractivity contribution is 0.0641. The first-order chi connectivity index (χ1) is 7.09. The van der Waals surface area contributed by atoms with Gasteiger partial charge in [-0.15, -0.1) is 0 Å². The predicted octanol–water partition coefficient (Wildman–Crippen LogP) is 1.52. The van der Waals surface area contributed by atoms with Gasteiger partial charge in [0.15, 0.2) is 0 Å². The third-order valence-electron chi connectivity index (χ3n) is 2.38. The van der Waals surface area contributed by atoms with E-state index in [-0.39, 0.29) is 0 Å². The Labute approximate surface area is 84.9 Å². The van der Waals surface area contributed by atoms with E-state index in [0.717, 1.165) is 18.6 Å². The lowest BCUT2D eigenvalue weighted by atomic mass is 10.1. The molecule has 1 heterocycles. The highest BCUT2D eigenvalue weighted by atomic mass is 19.1. The van der Waals surface area contributed by atoms with Crippen LogP contribution >= 0.6 is 0 Å². The van der Waals surface area contributed by atoms with E-state index in [0.29, 0.717) is 13.1 Å². The molecule has 1 aromatic carbocycles. The molecule has 15 heavy (non-hydrogen) atoms. The fourth-order valence-corrected chi connectivity index (χ4v) is 1.44. The number of phenols is 1. The average Bonchev–Trinajstić information content (AvgIpc) is 1.97. The van der Waals surface area contributed by atoms with Crippen LogP contribution in [-0.2, 0) is 0 Å². The molecule has 1 N–H and O–H groups in total. The van der Waals surface area contributed by atoms with Crippen molar-refractivity contribution in [3.05, 3.63) is 29.3 Å². The summed E-state index contributed by atoms with van der Waals surface area (Å²) in [5.74, 6) is -3.23. The molecule has 1 fully saturated rings. The van der Waals surface area contributed by atoms with Crippen LogP contribution in [0.2, 0.25) is 0 Å². The first-order valence-electron chi connectivity index (χ1n) is 4.57. The minimum absolute atomic E-state index is 0.523. The maximum atomic E-state index is 13.2. The van der Waals surface area contributed by atoms with Crippen LogP contribution in [0, 0.1) is 11.6 Å². The molecule has 0 aromatic heterocycles. The van der Waals surface area contributed by atoms with Gasteiger partial charge in [-0.1, -0.05) is 0 Å². The largest absolute Gasteiger partial charge is 0.508 e. The Kier molecular flexibility index (Phi) is 2.30. The van der Waals surface area contributed by atoms with Crippen molar-refractivity contribution in [2.45, 2.75) is 6.42 Å². The van der Waals surface area contributed by atoms with Crippen molar-refractivity contribution in [2.24, 2.45) is 0 Å². The minimum atomic E-state index is -1.02. The van der Waals surface area contributed by atoms with Crippen LogP contribution in [0.1, 0.15) is 16.8 Å². The van der Waals surface area contributed by atoms with E-state index in [1.54, 1.807) is 0 Å². The number of aromatic hydroxyl groups is 1. The minimum Gasteiger partial charge on any atom is -0.508 e. The molecule has 3 nitrogen and oxygen atoms in total. The molecule has 1 aliphatic heterocycles. The fraction of sp³-hybridized carbons (Fsp3) is 0.300. The first kappa shape index (κ1) is 9.89. The van der Waals surface area contributed by atoms with E-state index < -0.39 is 28.9 Å². The van der Waals surface area contributed by atoms with Gasteiger partial charge in [0, 0.05) is 25.2 Å². The predicted molar refractivity (Wildman–Crippen MR) is 48.5 cm³/mol. The van der Waals surface area contributed by atoms with Gasteiger partial charge in [0.05, 0.1) is 0 Å². The standard InChI is InChI=1S/C10H9F2NO2/c11-7-4-6(14)5-8(12)9(7)10(15)13-2-1-3-13/h4-5,14H,1-3H2. The van der Waals surface area contributed by atoms with Gasteiger partial charge in [0.2, 0.25) is 0 Å². The second-order valence-electron chi connectivity index (χ2n) is 3.43. The van der Waals surface area contributed by atoms with E-state index >= 15 is 0 Å². The number of carbonyl (C=O) groups is 1. The number of phenolic OH excluding ortho intramolecular Hbond substituents is 1. The van der Waals surface area contributed by atoms with Crippen LogP contribution in [0.25, 0.3) is 0 Å². The summed E-state index contributed by atoms with van der Waals surface area (Å²) >= 11 is 0. The molecule has 0 bridgehead atoms. The summed E-state index contributed by atoms with van der Waals surface area (Å²) < 4.78 is 26.5. The Morgan fingerprint density at radius 2 is 1.80 bits per heavy atom. The molecule has 1 amide bonds. The third-order valence-corrected chi connectivity index (χ3v) is 2.38. The van der Waals surface area contributed by atoms with Crippen molar-refractivity contribution in [1.82, 2.24) is 4.90 Å². The van der Waals surface area contributed by atoms with E-state index in [1.807, 2.05) is 0 Å². The molecule has 1 saturated heterocycles. The zero-order valence-corrected chi connectivity index (χ0v) is 7.83. The number of benzene rings is 1. The average molecular weight is 213 g/mol. The van der Waals surface area contributed by atoms with E-state index in [9.17, 15) is 13.6 Å². The molecule has 0 spiro atoms. The molecular formula is C10H9F2NO2. The van der Waals surface area contributed by atoms with E-state index in [1.165, 1.54) is 4.90 Å². The summed E-state index contributed by atoms with van der Waals surface area (Å²) in [6, 6.07) is 1.46. The molecule has 0 atom stereocenters. The molecule has 0 unspecified atom stereocenters. The number of nitrogens with zero attached hydrogens (tertiary/aromatic N) is 1. The monoisotopic (exact) mass is 213 g/mol. The van der Waals surface area contributed by atoms with Crippen molar-refractivity contribution in [3.63, 3.8) is 0 Å². The highest BCUT2D eigenvalue weighted by molar-refractivity contribution is 5.95. The Balaban J connectivity index is 2.38. The molecular weight excluding hydrogens is 204 g/mol. The Morgan fingerprint density at radius 3 is 2.20 bits per heavy atom. The second-order valence-corrected chi connectivity index (χ2v) is 3.43. The molecule has 5 heteroatoms. The lowest BCUT2D eigenvalue weighted by Gasteiger charge is -2.31. The van der Waals surface area contributed by atoms with E-state index in [2.05, 4.69) is 0 Å². The number of hydrogen-bond acceptors (Lipinski definition) is 2. The van der Waals surface area contributed by atoms with Crippen molar-refractivity contribution < 1.29 is 18.7 Å². The van der Waals surface area contributed by atoms with Gasteiger partial charge in [0.25, 0.3) is 5.91 Å². The van der Waals surface area contributed by atoms with Crippen LogP contribution in [-0.4, -0.2) is 29.0 Å². The number of amides is 1. The fourth-order valence-electron chi connectivity index (χ4n) is 1.44. The number of likely N-dealkylation sites (tertiary alicyclic amines) is 1. The number of hydrogen-bond donors (Lipinski definition) is 1. The summed E-state index contributed by atoms with van der Waals surface area (Å²) in [6.45, 7) is 1.05. The van der Waals surface area contributed by atoms with Gasteiger partial charge < -0.3 is 10.0 Å². The molecule has 1 aromatic rings. The molecule has 80 valence electrons. The van der Waals surface area contributed by atoms with Crippen molar-refractivity contribution >= 4 is 5.91 Å². The smallest absolute Gasteiger partial charge is 0.259 e. The second kappa shape index (κ2) is 3.49. The molecule has 1 aliphatic rings. The van der Waals surface area contributed by atoms with Gasteiger partial charge in [0.1, 0.15) is 22.9 Å². The molecule has 0 saturated carbocycles. The van der Waals surface area contributed by atoms with Gasteiger partial charge in [-0.2, -0.15) is 0 Å². The molecule has 0 radical (unpaired) electrons. The maximum absolute atomic E-state index is 13.2. The van der Waals surface area contributed by atoms with E-state index in [4.69, 9.17) is 5.11 Å². The summed E-state index contributed by atoms with van der Waals surface area (Å²) in [6.07, 6.45) is 0.854. The number of halogens is 2. The Morgan fingerprint density at radius 1 is 1.27 bits per heavy atom. The van der Waals surface area contributed by atoms with Gasteiger partial charge in [-0.25, -0.2) is 8.78 Å². The zero-order chi connectivity index (χ0) is 11.0. The lowest BCUT2D eigenvalue weighted by Crippen LogP contribution is -2.42. The van der Waals surface area contributed by atoms with Crippen molar-refractivity contribution in [3.8, 4) is 5.75 Å². The summed E-state index contributed by atoms with van der Waals surface area (Å²) in [5, 5.41) is 8.90. The van der Waals surface area contributed by atoms with Gasteiger partial charge in [-0.05, 0) is 6.42 Å². The summed E-state index contributed by atoms with van der Waals surface area (Å²) in [7, 11) is 0.